The molecule has 0 bridgehead atoms. The number of aliphatic carboxylic acids is 1. The minimum Gasteiger partial charge on any atom is -0.481 e. The summed E-state index contributed by atoms with van der Waals surface area (Å²) < 4.78 is 0. The number of aliphatic hydroxyl groups is 1. The molecule has 1 atom stereocenters. The lowest BCUT2D eigenvalue weighted by Crippen LogP contribution is -2.37. The molecule has 0 saturated heterocycles. The Labute approximate surface area is 104 Å². The van der Waals surface area contributed by atoms with Gasteiger partial charge in [0.2, 0.25) is 5.91 Å². The predicted octanol–water partition coefficient (Wildman–Crippen LogP) is -0.0381. The third-order valence-electron chi connectivity index (χ3n) is 2.35. The van der Waals surface area contributed by atoms with Gasteiger partial charge in [0.25, 0.3) is 0 Å². The van der Waals surface area contributed by atoms with Crippen LogP contribution in [-0.2, 0) is 16.0 Å². The third-order valence-corrected chi connectivity index (χ3v) is 2.35. The minimum absolute atomic E-state index is 0.0647. The number of amides is 1. The molecule has 6 heteroatoms. The van der Waals surface area contributed by atoms with Gasteiger partial charge in [0, 0.05) is 12.3 Å². The van der Waals surface area contributed by atoms with Gasteiger partial charge in [-0.15, -0.1) is 0 Å². The number of aliphatic hydroxyl groups excluding tert-OH is 1. The van der Waals surface area contributed by atoms with E-state index in [-0.39, 0.29) is 6.61 Å². The lowest BCUT2D eigenvalue weighted by molar-refractivity contribution is -0.138. The topological polar surface area (TPSA) is 113 Å². The summed E-state index contributed by atoms with van der Waals surface area (Å²) in [5.74, 6) is -1.65. The molecule has 0 spiro atoms. The maximum Gasteiger partial charge on any atom is 0.305 e. The van der Waals surface area contributed by atoms with Gasteiger partial charge in [-0.1, -0.05) is 12.1 Å². The van der Waals surface area contributed by atoms with Crippen LogP contribution in [0.25, 0.3) is 0 Å². The maximum absolute atomic E-state index is 11.5. The Morgan fingerprint density at radius 3 is 2.39 bits per heavy atom. The van der Waals surface area contributed by atoms with Crippen LogP contribution in [0.3, 0.4) is 0 Å². The van der Waals surface area contributed by atoms with Gasteiger partial charge in [-0.2, -0.15) is 0 Å². The van der Waals surface area contributed by atoms with E-state index in [0.717, 1.165) is 5.56 Å². The van der Waals surface area contributed by atoms with E-state index in [0.29, 0.717) is 12.1 Å². The fraction of sp³-hybridized carbons (Fsp3) is 0.333. The van der Waals surface area contributed by atoms with E-state index in [4.69, 9.17) is 15.9 Å². The molecule has 0 saturated carbocycles. The zero-order chi connectivity index (χ0) is 13.5. The number of nitrogens with two attached hydrogens (primary N) is 1. The average molecular weight is 252 g/mol. The number of carbonyl (C=O) groups is 2. The first-order chi connectivity index (χ1) is 8.52. The number of carboxylic acid groups (broad SMARTS) is 1. The summed E-state index contributed by atoms with van der Waals surface area (Å²) >= 11 is 0. The first kappa shape index (κ1) is 14.1. The summed E-state index contributed by atoms with van der Waals surface area (Å²) in [5, 5.41) is 19.8. The SMILES string of the molecule is NC(CC(=O)O)C(=O)Nc1ccc(CCO)cc1. The molecule has 1 aromatic rings. The fourth-order valence-electron chi connectivity index (χ4n) is 1.40. The second-order valence-corrected chi connectivity index (χ2v) is 3.86. The van der Waals surface area contributed by atoms with Crippen molar-refractivity contribution in [2.24, 2.45) is 5.73 Å². The number of nitrogens with one attached hydrogen (secondary N) is 1. The van der Waals surface area contributed by atoms with E-state index >= 15 is 0 Å². The van der Waals surface area contributed by atoms with Crippen molar-refractivity contribution in [3.8, 4) is 0 Å². The van der Waals surface area contributed by atoms with E-state index in [1.54, 1.807) is 24.3 Å². The first-order valence-electron chi connectivity index (χ1n) is 5.51. The molecular formula is C12H16N2O4. The van der Waals surface area contributed by atoms with Gasteiger partial charge >= 0.3 is 5.97 Å². The number of carbonyl (C=O) groups excluding carboxylic acids is 1. The zero-order valence-electron chi connectivity index (χ0n) is 9.80. The Morgan fingerprint density at radius 2 is 1.89 bits per heavy atom. The zero-order valence-corrected chi connectivity index (χ0v) is 9.80. The van der Waals surface area contributed by atoms with E-state index in [1.807, 2.05) is 0 Å². The van der Waals surface area contributed by atoms with Gasteiger partial charge < -0.3 is 21.3 Å². The summed E-state index contributed by atoms with van der Waals surface area (Å²) in [4.78, 5) is 21.9. The van der Waals surface area contributed by atoms with Crippen LogP contribution >= 0.6 is 0 Å². The average Bonchev–Trinajstić information content (AvgIpc) is 2.31. The van der Waals surface area contributed by atoms with Crippen LogP contribution in [0.5, 0.6) is 0 Å². The Bertz CT molecular complexity index is 417. The molecule has 0 fully saturated rings. The highest BCUT2D eigenvalue weighted by atomic mass is 16.4. The Balaban J connectivity index is 2.56. The molecule has 1 aromatic carbocycles. The smallest absolute Gasteiger partial charge is 0.305 e. The monoisotopic (exact) mass is 252 g/mol. The quantitative estimate of drug-likeness (QED) is 0.567. The molecule has 1 amide bonds. The molecule has 6 nitrogen and oxygen atoms in total. The highest BCUT2D eigenvalue weighted by Gasteiger charge is 2.16. The highest BCUT2D eigenvalue weighted by Crippen LogP contribution is 2.10. The van der Waals surface area contributed by atoms with Crippen LogP contribution in [0.4, 0.5) is 5.69 Å². The van der Waals surface area contributed by atoms with E-state index in [1.165, 1.54) is 0 Å². The number of rotatable bonds is 6. The molecular weight excluding hydrogens is 236 g/mol. The van der Waals surface area contributed by atoms with Crippen LogP contribution in [0.1, 0.15) is 12.0 Å². The van der Waals surface area contributed by atoms with Gasteiger partial charge in [-0.05, 0) is 24.1 Å². The summed E-state index contributed by atoms with van der Waals surface area (Å²) in [6.45, 7) is 0.0647. The predicted molar refractivity (Wildman–Crippen MR) is 66.1 cm³/mol. The second kappa shape index (κ2) is 6.73. The number of carboxylic acids is 1. The van der Waals surface area contributed by atoms with Gasteiger partial charge in [0.15, 0.2) is 0 Å². The van der Waals surface area contributed by atoms with Crippen molar-refractivity contribution in [3.05, 3.63) is 29.8 Å². The highest BCUT2D eigenvalue weighted by molar-refractivity contribution is 5.96. The minimum atomic E-state index is -1.11. The van der Waals surface area contributed by atoms with Crippen molar-refractivity contribution < 1.29 is 19.8 Å². The first-order valence-corrected chi connectivity index (χ1v) is 5.51. The van der Waals surface area contributed by atoms with Gasteiger partial charge in [-0.3, -0.25) is 9.59 Å². The molecule has 5 N–H and O–H groups in total. The summed E-state index contributed by atoms with van der Waals surface area (Å²) in [6.07, 6.45) is 0.140. The van der Waals surface area contributed by atoms with Gasteiger partial charge in [-0.25, -0.2) is 0 Å². The van der Waals surface area contributed by atoms with E-state index in [2.05, 4.69) is 5.32 Å². The van der Waals surface area contributed by atoms with Crippen LogP contribution < -0.4 is 11.1 Å². The Morgan fingerprint density at radius 1 is 1.28 bits per heavy atom. The van der Waals surface area contributed by atoms with Gasteiger partial charge in [0.1, 0.15) is 0 Å². The summed E-state index contributed by atoms with van der Waals surface area (Å²) in [6, 6.07) is 5.83. The molecule has 0 aliphatic rings. The number of hydrogen-bond donors (Lipinski definition) is 4. The maximum atomic E-state index is 11.5. The summed E-state index contributed by atoms with van der Waals surface area (Å²) in [7, 11) is 0. The van der Waals surface area contributed by atoms with Crippen LogP contribution in [0.15, 0.2) is 24.3 Å². The van der Waals surface area contributed by atoms with Crippen molar-refractivity contribution >= 4 is 17.6 Å². The van der Waals surface area contributed by atoms with Crippen LogP contribution in [0.2, 0.25) is 0 Å². The second-order valence-electron chi connectivity index (χ2n) is 3.86. The molecule has 1 rings (SSSR count). The van der Waals surface area contributed by atoms with Crippen molar-refractivity contribution in [2.45, 2.75) is 18.9 Å². The molecule has 18 heavy (non-hydrogen) atoms. The number of anilines is 1. The van der Waals surface area contributed by atoms with Crippen molar-refractivity contribution in [1.82, 2.24) is 0 Å². The Hall–Kier alpha value is -1.92. The number of benzene rings is 1. The third kappa shape index (κ3) is 4.52. The summed E-state index contributed by atoms with van der Waals surface area (Å²) in [5.41, 5.74) is 6.91. The molecule has 0 aliphatic heterocycles. The fourth-order valence-corrected chi connectivity index (χ4v) is 1.40. The van der Waals surface area contributed by atoms with Crippen molar-refractivity contribution in [3.63, 3.8) is 0 Å². The molecule has 0 aromatic heterocycles. The molecule has 0 heterocycles. The van der Waals surface area contributed by atoms with Crippen molar-refractivity contribution in [2.75, 3.05) is 11.9 Å². The molecule has 1 unspecified atom stereocenters. The largest absolute Gasteiger partial charge is 0.481 e. The van der Waals surface area contributed by atoms with Gasteiger partial charge in [0.05, 0.1) is 12.5 Å². The standard InChI is InChI=1S/C12H16N2O4/c13-10(7-11(16)17)12(18)14-9-3-1-8(2-4-9)5-6-15/h1-4,10,15H,5-7,13H2,(H,14,18)(H,16,17). The molecule has 0 radical (unpaired) electrons. The lowest BCUT2D eigenvalue weighted by atomic mass is 10.1. The number of hydrogen-bond acceptors (Lipinski definition) is 4. The van der Waals surface area contributed by atoms with Crippen molar-refractivity contribution in [1.29, 1.82) is 0 Å². The van der Waals surface area contributed by atoms with Crippen LogP contribution in [0, 0.1) is 0 Å². The normalized spacial score (nSPS) is 11.9. The van der Waals surface area contributed by atoms with Crippen LogP contribution in [-0.4, -0.2) is 34.7 Å². The lowest BCUT2D eigenvalue weighted by Gasteiger charge is -2.10. The molecule has 0 aliphatic carbocycles. The molecule has 98 valence electrons. The van der Waals surface area contributed by atoms with E-state index in [9.17, 15) is 9.59 Å². The van der Waals surface area contributed by atoms with E-state index < -0.39 is 24.3 Å². The Kier molecular flexibility index (Phi) is 5.29.